The number of para-hydroxylation sites is 2. The number of aromatic nitrogens is 1. The van der Waals surface area contributed by atoms with Crippen LogP contribution < -0.4 is 29.2 Å². The minimum atomic E-state index is 0. The third kappa shape index (κ3) is 6.46. The molecule has 3 aromatic rings. The number of methoxy groups -OCH3 is 4. The molecule has 0 aliphatic carbocycles. The highest BCUT2D eigenvalue weighted by Crippen LogP contribution is 2.41. The first kappa shape index (κ1) is 29.4. The van der Waals surface area contributed by atoms with Gasteiger partial charge in [-0.15, -0.1) is 24.8 Å². The van der Waals surface area contributed by atoms with Crippen LogP contribution in [0, 0.1) is 0 Å². The van der Waals surface area contributed by atoms with Gasteiger partial charge in [-0.1, -0.05) is 12.1 Å². The van der Waals surface area contributed by atoms with E-state index in [1.54, 1.807) is 28.4 Å². The van der Waals surface area contributed by atoms with E-state index in [0.717, 1.165) is 60.6 Å². The van der Waals surface area contributed by atoms with Gasteiger partial charge in [-0.05, 0) is 67.4 Å². The number of ether oxygens (including phenoxy) is 4. The lowest BCUT2D eigenvalue weighted by molar-refractivity contribution is 0.324. The Labute approximate surface area is 225 Å². The zero-order chi connectivity index (χ0) is 23.9. The Balaban J connectivity index is 0.00000228. The predicted octanol–water partition coefficient (Wildman–Crippen LogP) is 5.39. The van der Waals surface area contributed by atoms with Gasteiger partial charge in [0.1, 0.15) is 5.75 Å². The molecule has 1 aromatic heterocycles. The van der Waals surface area contributed by atoms with Gasteiger partial charge < -0.3 is 29.2 Å². The van der Waals surface area contributed by atoms with Crippen molar-refractivity contribution in [2.45, 2.75) is 25.4 Å². The molecule has 0 radical (unpaired) electrons. The molecule has 9 heteroatoms. The first-order valence-electron chi connectivity index (χ1n) is 11.5. The summed E-state index contributed by atoms with van der Waals surface area (Å²) in [5.41, 5.74) is 4.17. The zero-order valence-corrected chi connectivity index (χ0v) is 22.8. The van der Waals surface area contributed by atoms with Crippen molar-refractivity contribution in [1.82, 2.24) is 10.3 Å². The lowest BCUT2D eigenvalue weighted by Crippen LogP contribution is -2.43. The largest absolute Gasteiger partial charge is 0.495 e. The molecule has 0 unspecified atom stereocenters. The number of hydrogen-bond acceptors (Lipinski definition) is 7. The molecule has 1 aliphatic heterocycles. The molecule has 4 rings (SSSR count). The quantitative estimate of drug-likeness (QED) is 0.394. The van der Waals surface area contributed by atoms with Gasteiger partial charge in [0.2, 0.25) is 5.75 Å². The molecule has 1 N–H and O–H groups in total. The van der Waals surface area contributed by atoms with Gasteiger partial charge in [0, 0.05) is 30.5 Å². The Morgan fingerprint density at radius 2 is 1.44 bits per heavy atom. The van der Waals surface area contributed by atoms with Crippen LogP contribution in [-0.4, -0.2) is 52.6 Å². The van der Waals surface area contributed by atoms with E-state index in [1.165, 1.54) is 0 Å². The van der Waals surface area contributed by atoms with E-state index in [-0.39, 0.29) is 24.8 Å². The summed E-state index contributed by atoms with van der Waals surface area (Å²) >= 11 is 0. The number of nitrogens with zero attached hydrogens (tertiary/aromatic N) is 2. The second-order valence-corrected chi connectivity index (χ2v) is 8.28. The number of piperidine rings is 1. The maximum Gasteiger partial charge on any atom is 0.203 e. The van der Waals surface area contributed by atoms with Crippen LogP contribution in [0.5, 0.6) is 23.0 Å². The lowest BCUT2D eigenvalue weighted by Gasteiger charge is -2.37. The first-order chi connectivity index (χ1) is 16.7. The van der Waals surface area contributed by atoms with Gasteiger partial charge in [0.05, 0.1) is 34.1 Å². The van der Waals surface area contributed by atoms with Crippen molar-refractivity contribution in [2.24, 2.45) is 0 Å². The Bertz CT molecular complexity index is 1080. The highest BCUT2D eigenvalue weighted by molar-refractivity contribution is 5.85. The van der Waals surface area contributed by atoms with E-state index in [4.69, 9.17) is 18.9 Å². The summed E-state index contributed by atoms with van der Waals surface area (Å²) in [6.45, 7) is 2.76. The summed E-state index contributed by atoms with van der Waals surface area (Å²) in [5, 5.41) is 3.47. The molecule has 1 aliphatic rings. The maximum atomic E-state index is 5.71. The van der Waals surface area contributed by atoms with Crippen molar-refractivity contribution in [3.05, 3.63) is 60.4 Å². The highest BCUT2D eigenvalue weighted by atomic mass is 35.5. The fourth-order valence-corrected chi connectivity index (χ4v) is 4.57. The monoisotopic (exact) mass is 535 g/mol. The van der Waals surface area contributed by atoms with E-state index in [0.29, 0.717) is 23.3 Å². The molecular formula is C27H35Cl2N3O4. The average molecular weight is 537 g/mol. The Hall–Kier alpha value is -2.87. The molecule has 0 spiro atoms. The van der Waals surface area contributed by atoms with Crippen LogP contribution in [0.3, 0.4) is 0 Å². The maximum absolute atomic E-state index is 5.71. The van der Waals surface area contributed by atoms with Crippen LogP contribution in [0.25, 0.3) is 11.1 Å². The molecule has 0 saturated carbocycles. The van der Waals surface area contributed by atoms with E-state index in [9.17, 15) is 0 Å². The van der Waals surface area contributed by atoms with E-state index >= 15 is 0 Å². The Kier molecular flexibility index (Phi) is 11.4. The first-order valence-corrected chi connectivity index (χ1v) is 11.5. The second-order valence-electron chi connectivity index (χ2n) is 8.28. The summed E-state index contributed by atoms with van der Waals surface area (Å²) in [4.78, 5) is 7.02. The topological polar surface area (TPSA) is 65.1 Å². The zero-order valence-electron chi connectivity index (χ0n) is 21.2. The molecule has 0 bridgehead atoms. The molecule has 36 heavy (non-hydrogen) atoms. The number of hydrogen-bond donors (Lipinski definition) is 1. The highest BCUT2D eigenvalue weighted by Gasteiger charge is 2.24. The molecule has 2 aromatic carbocycles. The smallest absolute Gasteiger partial charge is 0.203 e. The van der Waals surface area contributed by atoms with Gasteiger partial charge in [0.25, 0.3) is 0 Å². The third-order valence-corrected chi connectivity index (χ3v) is 6.29. The Morgan fingerprint density at radius 1 is 0.806 bits per heavy atom. The molecule has 0 amide bonds. The van der Waals surface area contributed by atoms with Gasteiger partial charge in [-0.25, -0.2) is 0 Å². The minimum absolute atomic E-state index is 0. The number of anilines is 1. The molecule has 2 heterocycles. The summed E-state index contributed by atoms with van der Waals surface area (Å²) < 4.78 is 22.3. The van der Waals surface area contributed by atoms with Crippen LogP contribution in [0.4, 0.5) is 5.69 Å². The van der Waals surface area contributed by atoms with Crippen molar-refractivity contribution >= 4 is 30.5 Å². The number of benzene rings is 2. The van der Waals surface area contributed by atoms with Crippen LogP contribution in [-0.2, 0) is 6.54 Å². The third-order valence-electron chi connectivity index (χ3n) is 6.29. The molecule has 0 atom stereocenters. The summed E-state index contributed by atoms with van der Waals surface area (Å²) in [6, 6.07) is 14.7. The SMILES string of the molecule is COc1ccccc1N(Cc1cncc(-c2cc(OC)c(OC)c(OC)c2)c1)C1CCNCC1.Cl.Cl. The van der Waals surface area contributed by atoms with Crippen LogP contribution in [0.2, 0.25) is 0 Å². The van der Waals surface area contributed by atoms with Gasteiger partial charge in [-0.3, -0.25) is 4.98 Å². The predicted molar refractivity (Wildman–Crippen MR) is 149 cm³/mol. The summed E-state index contributed by atoms with van der Waals surface area (Å²) in [6.07, 6.45) is 5.96. The standard InChI is InChI=1S/C27H33N3O4.2ClH/c1-31-24-8-6-5-7-23(24)30(22-9-11-28-12-10-22)18-19-13-21(17-29-16-19)20-14-25(32-2)27(34-4)26(15-20)33-3;;/h5-8,13-17,22,28H,9-12,18H2,1-4H3;2*1H. The van der Waals surface area contributed by atoms with Crippen LogP contribution in [0.15, 0.2) is 54.9 Å². The average Bonchev–Trinajstić information content (AvgIpc) is 2.91. The van der Waals surface area contributed by atoms with E-state index in [1.807, 2.05) is 36.7 Å². The summed E-state index contributed by atoms with van der Waals surface area (Å²) in [5.74, 6) is 2.70. The number of halogens is 2. The van der Waals surface area contributed by atoms with Crippen molar-refractivity contribution in [2.75, 3.05) is 46.4 Å². The number of rotatable bonds is 9. The fourth-order valence-electron chi connectivity index (χ4n) is 4.57. The van der Waals surface area contributed by atoms with Crippen molar-refractivity contribution < 1.29 is 18.9 Å². The van der Waals surface area contributed by atoms with Gasteiger partial charge >= 0.3 is 0 Å². The van der Waals surface area contributed by atoms with Crippen molar-refractivity contribution in [3.63, 3.8) is 0 Å². The molecule has 1 saturated heterocycles. The van der Waals surface area contributed by atoms with Crippen molar-refractivity contribution in [1.29, 1.82) is 0 Å². The lowest BCUT2D eigenvalue weighted by atomic mass is 10.0. The van der Waals surface area contributed by atoms with Crippen LogP contribution in [0.1, 0.15) is 18.4 Å². The molecule has 1 fully saturated rings. The minimum Gasteiger partial charge on any atom is -0.495 e. The normalized spacial score (nSPS) is 13.1. The molecule has 196 valence electrons. The number of nitrogens with one attached hydrogen (secondary N) is 1. The van der Waals surface area contributed by atoms with E-state index in [2.05, 4.69) is 33.4 Å². The van der Waals surface area contributed by atoms with Crippen LogP contribution >= 0.6 is 24.8 Å². The summed E-state index contributed by atoms with van der Waals surface area (Å²) in [7, 11) is 6.58. The Morgan fingerprint density at radius 3 is 2.06 bits per heavy atom. The van der Waals surface area contributed by atoms with Gasteiger partial charge in [-0.2, -0.15) is 0 Å². The molecular weight excluding hydrogens is 501 g/mol. The van der Waals surface area contributed by atoms with Gasteiger partial charge in [0.15, 0.2) is 11.5 Å². The number of pyridine rings is 1. The molecule has 7 nitrogen and oxygen atoms in total. The second kappa shape index (κ2) is 14.0. The van der Waals surface area contributed by atoms with Crippen molar-refractivity contribution in [3.8, 4) is 34.1 Å². The fraction of sp³-hybridized carbons (Fsp3) is 0.370. The van der Waals surface area contributed by atoms with E-state index < -0.39 is 0 Å².